The van der Waals surface area contributed by atoms with Crippen LogP contribution in [-0.4, -0.2) is 26.9 Å². The van der Waals surface area contributed by atoms with Gasteiger partial charge in [0.15, 0.2) is 5.69 Å². The topological polar surface area (TPSA) is 58.3 Å². The van der Waals surface area contributed by atoms with Crippen molar-refractivity contribution in [3.05, 3.63) is 47.5 Å². The van der Waals surface area contributed by atoms with Crippen molar-refractivity contribution in [3.8, 4) is 0 Å². The minimum absolute atomic E-state index is 0.0456. The number of alkyl halides is 3. The van der Waals surface area contributed by atoms with E-state index >= 15 is 0 Å². The van der Waals surface area contributed by atoms with Gasteiger partial charge < -0.3 is 10.0 Å². The number of nitrogens with zero attached hydrogens (tertiary/aromatic N) is 2. The zero-order chi connectivity index (χ0) is 14.9. The van der Waals surface area contributed by atoms with Gasteiger partial charge in [-0.3, -0.25) is 4.68 Å². The van der Waals surface area contributed by atoms with E-state index in [1.165, 1.54) is 6.07 Å². The number of rotatable bonds is 3. The smallest absolute Gasteiger partial charge is 0.423 e. The quantitative estimate of drug-likeness (QED) is 0.648. The Kier molecular flexibility index (Phi) is 3.82. The standard InChI is InChI=1S/C11H9BF4N2O2/c13-9-2-1-7(5-8(9)12(19)20)6-18-4-3-10(17-18)11(14,15)16/h1-5,19-20H,6H2. The Bertz CT molecular complexity index is 613. The summed E-state index contributed by atoms with van der Waals surface area (Å²) in [5, 5.41) is 21.2. The van der Waals surface area contributed by atoms with Crippen LogP contribution in [-0.2, 0) is 12.7 Å². The number of hydrogen-bond donors (Lipinski definition) is 2. The highest BCUT2D eigenvalue weighted by Crippen LogP contribution is 2.27. The molecule has 0 radical (unpaired) electrons. The monoisotopic (exact) mass is 288 g/mol. The van der Waals surface area contributed by atoms with Gasteiger partial charge in [-0.05, 0) is 17.7 Å². The molecule has 0 amide bonds. The van der Waals surface area contributed by atoms with Crippen LogP contribution < -0.4 is 5.46 Å². The first-order valence-electron chi connectivity index (χ1n) is 5.52. The first-order valence-corrected chi connectivity index (χ1v) is 5.52. The molecule has 0 atom stereocenters. The third kappa shape index (κ3) is 3.17. The van der Waals surface area contributed by atoms with E-state index in [2.05, 4.69) is 5.10 Å². The second kappa shape index (κ2) is 5.26. The van der Waals surface area contributed by atoms with E-state index in [-0.39, 0.29) is 12.0 Å². The van der Waals surface area contributed by atoms with Gasteiger partial charge in [-0.25, -0.2) is 4.39 Å². The van der Waals surface area contributed by atoms with E-state index in [0.29, 0.717) is 5.56 Å². The molecule has 0 unspecified atom stereocenters. The van der Waals surface area contributed by atoms with Crippen molar-refractivity contribution < 1.29 is 27.6 Å². The van der Waals surface area contributed by atoms with Gasteiger partial charge in [0, 0.05) is 11.7 Å². The highest BCUT2D eigenvalue weighted by molar-refractivity contribution is 6.58. The highest BCUT2D eigenvalue weighted by atomic mass is 19.4. The first kappa shape index (κ1) is 14.5. The van der Waals surface area contributed by atoms with Crippen molar-refractivity contribution in [2.75, 3.05) is 0 Å². The van der Waals surface area contributed by atoms with Crippen LogP contribution in [0, 0.1) is 5.82 Å². The predicted octanol–water partition coefficient (Wildman–Crippen LogP) is 0.769. The molecule has 0 aliphatic carbocycles. The predicted molar refractivity (Wildman–Crippen MR) is 62.6 cm³/mol. The summed E-state index contributed by atoms with van der Waals surface area (Å²) in [6.45, 7) is -0.0456. The summed E-state index contributed by atoms with van der Waals surface area (Å²) in [6, 6.07) is 4.33. The number of halogens is 4. The lowest BCUT2D eigenvalue weighted by Crippen LogP contribution is -2.33. The lowest BCUT2D eigenvalue weighted by Gasteiger charge is -2.07. The van der Waals surface area contributed by atoms with E-state index in [1.807, 2.05) is 0 Å². The molecule has 0 aliphatic rings. The summed E-state index contributed by atoms with van der Waals surface area (Å²) in [5.74, 6) is -0.805. The van der Waals surface area contributed by atoms with Crippen molar-refractivity contribution in [1.82, 2.24) is 9.78 Å². The fourth-order valence-electron chi connectivity index (χ4n) is 1.68. The van der Waals surface area contributed by atoms with Gasteiger partial charge in [0.25, 0.3) is 0 Å². The normalized spacial score (nSPS) is 11.7. The summed E-state index contributed by atoms with van der Waals surface area (Å²) in [4.78, 5) is 0. The fourth-order valence-corrected chi connectivity index (χ4v) is 1.68. The average Bonchev–Trinajstić information content (AvgIpc) is 2.79. The molecule has 4 nitrogen and oxygen atoms in total. The summed E-state index contributed by atoms with van der Waals surface area (Å²) >= 11 is 0. The Hall–Kier alpha value is -1.87. The molecule has 0 aliphatic heterocycles. The van der Waals surface area contributed by atoms with Crippen LogP contribution in [0.1, 0.15) is 11.3 Å². The van der Waals surface area contributed by atoms with Gasteiger partial charge in [-0.1, -0.05) is 12.1 Å². The maximum absolute atomic E-state index is 13.2. The Balaban J connectivity index is 2.22. The summed E-state index contributed by atoms with van der Waals surface area (Å²) in [5.41, 5.74) is -0.973. The molecule has 0 saturated heterocycles. The fraction of sp³-hybridized carbons (Fsp3) is 0.182. The van der Waals surface area contributed by atoms with E-state index in [9.17, 15) is 17.6 Å². The third-order valence-corrected chi connectivity index (χ3v) is 2.61. The molecule has 2 N–H and O–H groups in total. The largest absolute Gasteiger partial charge is 0.491 e. The molecule has 1 heterocycles. The van der Waals surface area contributed by atoms with E-state index in [4.69, 9.17) is 10.0 Å². The second-order valence-electron chi connectivity index (χ2n) is 4.13. The van der Waals surface area contributed by atoms with Crippen LogP contribution >= 0.6 is 0 Å². The van der Waals surface area contributed by atoms with Crippen molar-refractivity contribution >= 4 is 12.6 Å². The van der Waals surface area contributed by atoms with Gasteiger partial charge in [-0.2, -0.15) is 18.3 Å². The molecule has 1 aromatic carbocycles. The van der Waals surface area contributed by atoms with Gasteiger partial charge in [0.2, 0.25) is 0 Å². The lowest BCUT2D eigenvalue weighted by molar-refractivity contribution is -0.141. The van der Waals surface area contributed by atoms with Crippen molar-refractivity contribution in [2.24, 2.45) is 0 Å². The molecular formula is C11H9BF4N2O2. The van der Waals surface area contributed by atoms with Crippen LogP contribution in [0.4, 0.5) is 17.6 Å². The number of benzene rings is 1. The molecule has 0 bridgehead atoms. The van der Waals surface area contributed by atoms with E-state index < -0.39 is 24.8 Å². The molecule has 0 spiro atoms. The zero-order valence-corrected chi connectivity index (χ0v) is 9.97. The minimum Gasteiger partial charge on any atom is -0.423 e. The maximum atomic E-state index is 13.2. The van der Waals surface area contributed by atoms with Crippen LogP contribution in [0.2, 0.25) is 0 Å². The van der Waals surface area contributed by atoms with Crippen molar-refractivity contribution in [2.45, 2.75) is 12.7 Å². The maximum Gasteiger partial charge on any atom is 0.491 e. The molecule has 0 fully saturated rings. The van der Waals surface area contributed by atoms with Gasteiger partial charge in [0.1, 0.15) is 5.82 Å². The van der Waals surface area contributed by atoms with Gasteiger partial charge >= 0.3 is 13.3 Å². The molecule has 2 rings (SSSR count). The number of hydrogen-bond acceptors (Lipinski definition) is 3. The lowest BCUT2D eigenvalue weighted by atomic mass is 9.79. The zero-order valence-electron chi connectivity index (χ0n) is 9.97. The summed E-state index contributed by atoms with van der Waals surface area (Å²) in [6.07, 6.45) is -3.39. The molecule has 9 heteroatoms. The molecule has 2 aromatic rings. The van der Waals surface area contributed by atoms with Crippen LogP contribution in [0.15, 0.2) is 30.5 Å². The van der Waals surface area contributed by atoms with Crippen LogP contribution in [0.3, 0.4) is 0 Å². The molecular weight excluding hydrogens is 279 g/mol. The van der Waals surface area contributed by atoms with Gasteiger partial charge in [0.05, 0.1) is 6.54 Å². The first-order chi connectivity index (χ1) is 9.27. The van der Waals surface area contributed by atoms with Crippen LogP contribution in [0.25, 0.3) is 0 Å². The minimum atomic E-state index is -4.53. The second-order valence-corrected chi connectivity index (χ2v) is 4.13. The summed E-state index contributed by atoms with van der Waals surface area (Å²) < 4.78 is 51.4. The average molecular weight is 288 g/mol. The van der Waals surface area contributed by atoms with E-state index in [1.54, 1.807) is 0 Å². The molecule has 20 heavy (non-hydrogen) atoms. The summed E-state index contributed by atoms with van der Waals surface area (Å²) in [7, 11) is -1.99. The van der Waals surface area contributed by atoms with Crippen LogP contribution in [0.5, 0.6) is 0 Å². The SMILES string of the molecule is OB(O)c1cc(Cn2ccc(C(F)(F)F)n2)ccc1F. The third-order valence-electron chi connectivity index (χ3n) is 2.61. The Morgan fingerprint density at radius 1 is 1.20 bits per heavy atom. The van der Waals surface area contributed by atoms with Crippen molar-refractivity contribution in [1.29, 1.82) is 0 Å². The highest BCUT2D eigenvalue weighted by Gasteiger charge is 2.33. The van der Waals surface area contributed by atoms with Crippen molar-refractivity contribution in [3.63, 3.8) is 0 Å². The Morgan fingerprint density at radius 3 is 2.45 bits per heavy atom. The van der Waals surface area contributed by atoms with E-state index in [0.717, 1.165) is 29.1 Å². The Labute approximate surface area is 111 Å². The molecule has 0 saturated carbocycles. The Morgan fingerprint density at radius 2 is 1.90 bits per heavy atom. The molecule has 1 aromatic heterocycles. The molecule has 106 valence electrons. The number of aromatic nitrogens is 2. The van der Waals surface area contributed by atoms with Gasteiger partial charge in [-0.15, -0.1) is 0 Å².